The largest absolute Gasteiger partial charge is 0.481 e. The van der Waals surface area contributed by atoms with Crippen LogP contribution in [0.5, 0.6) is 0 Å². The second-order valence-corrected chi connectivity index (χ2v) is 18.3. The Morgan fingerprint density at radius 2 is 1.16 bits per heavy atom. The van der Waals surface area contributed by atoms with Crippen molar-refractivity contribution in [2.24, 2.45) is 46.3 Å². The summed E-state index contributed by atoms with van der Waals surface area (Å²) in [5, 5.41) is 59.9. The molecule has 0 spiro atoms. The lowest BCUT2D eigenvalue weighted by Gasteiger charge is -2.61. The van der Waals surface area contributed by atoms with E-state index in [2.05, 4.69) is 26.1 Å². The lowest BCUT2D eigenvalue weighted by Crippen LogP contribution is -2.55. The highest BCUT2D eigenvalue weighted by atomic mass is 16.4. The van der Waals surface area contributed by atoms with E-state index < -0.39 is 68.0 Å². The minimum atomic E-state index is -1.28. The first kappa shape index (κ1) is 46.9. The zero-order valence-electron chi connectivity index (χ0n) is 34.4. The van der Waals surface area contributed by atoms with Crippen LogP contribution in [0, 0.1) is 46.3 Å². The second kappa shape index (κ2) is 20.4. The Kier molecular flexibility index (Phi) is 16.5. The van der Waals surface area contributed by atoms with Crippen LogP contribution in [0.1, 0.15) is 104 Å². The van der Waals surface area contributed by atoms with E-state index in [1.54, 1.807) is 0 Å². The molecule has 0 unspecified atom stereocenters. The van der Waals surface area contributed by atoms with Crippen LogP contribution in [0.4, 0.5) is 0 Å². The van der Waals surface area contributed by atoms with Gasteiger partial charge in [0.2, 0.25) is 5.91 Å². The van der Waals surface area contributed by atoms with E-state index in [-0.39, 0.29) is 68.2 Å². The Morgan fingerprint density at radius 1 is 0.621 bits per heavy atom. The van der Waals surface area contributed by atoms with Gasteiger partial charge in [0, 0.05) is 45.1 Å². The number of hydrogen-bond acceptors (Lipinski definition) is 10. The van der Waals surface area contributed by atoms with Crippen molar-refractivity contribution in [1.82, 2.24) is 20.0 Å². The quantitative estimate of drug-likeness (QED) is 0.0738. The van der Waals surface area contributed by atoms with Crippen molar-refractivity contribution in [2.45, 2.75) is 116 Å². The fourth-order valence-electron chi connectivity index (χ4n) is 12.1. The van der Waals surface area contributed by atoms with Crippen molar-refractivity contribution in [3.63, 3.8) is 0 Å². The number of rotatable bonds is 24. The smallest absolute Gasteiger partial charge is 0.320 e. The number of hydrogen-bond donors (Lipinski definition) is 7. The van der Waals surface area contributed by atoms with Crippen molar-refractivity contribution in [1.29, 1.82) is 0 Å². The molecule has 4 rings (SSSR count). The van der Waals surface area contributed by atoms with E-state index in [1.165, 1.54) is 30.6 Å². The summed E-state index contributed by atoms with van der Waals surface area (Å²) in [5.41, 5.74) is 0.404. The topological polar surface area (TPSA) is 263 Å². The maximum absolute atomic E-state index is 13.4. The average molecular weight is 823 g/mol. The Morgan fingerprint density at radius 3 is 1.67 bits per heavy atom. The maximum Gasteiger partial charge on any atom is 0.320 e. The van der Waals surface area contributed by atoms with Gasteiger partial charge in [-0.1, -0.05) is 20.8 Å². The minimum Gasteiger partial charge on any atom is -0.481 e. The summed E-state index contributed by atoms with van der Waals surface area (Å²) in [6, 6.07) is -1.33. The predicted octanol–water partition coefficient (Wildman–Crippen LogP) is 3.11. The second-order valence-electron chi connectivity index (χ2n) is 18.3. The van der Waals surface area contributed by atoms with Gasteiger partial charge in [-0.3, -0.25) is 48.3 Å². The number of carbonyl (C=O) groups excluding carboxylic acids is 1. The molecule has 1 amide bonds. The fourth-order valence-corrected chi connectivity index (χ4v) is 12.1. The molecule has 58 heavy (non-hydrogen) atoms. The number of carbonyl (C=O) groups is 7. The van der Waals surface area contributed by atoms with Crippen LogP contribution in [0.2, 0.25) is 0 Å². The first-order chi connectivity index (χ1) is 27.2. The number of carboxylic acid groups (broad SMARTS) is 6. The summed E-state index contributed by atoms with van der Waals surface area (Å²) >= 11 is 0. The highest BCUT2D eigenvalue weighted by Crippen LogP contribution is 2.68. The number of carboxylic acids is 6. The summed E-state index contributed by atoms with van der Waals surface area (Å²) < 4.78 is 0. The van der Waals surface area contributed by atoms with Gasteiger partial charge in [-0.2, -0.15) is 0 Å². The van der Waals surface area contributed by atoms with Crippen LogP contribution in [-0.2, 0) is 33.6 Å². The molecule has 0 saturated heterocycles. The third-order valence-corrected chi connectivity index (χ3v) is 14.8. The molecular weight excluding hydrogens is 756 g/mol. The van der Waals surface area contributed by atoms with Crippen molar-refractivity contribution in [3.05, 3.63) is 0 Å². The normalized spacial score (nSPS) is 30.2. The highest BCUT2D eigenvalue weighted by molar-refractivity contribution is 5.79. The van der Waals surface area contributed by atoms with Crippen molar-refractivity contribution in [2.75, 3.05) is 52.4 Å². The Bertz CT molecular complexity index is 1440. The van der Waals surface area contributed by atoms with Crippen molar-refractivity contribution < 1.29 is 64.2 Å². The van der Waals surface area contributed by atoms with Crippen molar-refractivity contribution >= 4 is 41.7 Å². The SMILES string of the molecule is C[C@H](CCC(=O)O)[C@H]1CC[C@H]2[C@@H]3CC[C@@H]4C[C@H](NC(=O)CC[C@@H](C(=O)O)N(CCN(CC(=O)O)CC(=O)O)CCN(CC(=O)O)CC(=O)O)CC[C@]4(C)[C@H]3CC[C@]12C. The van der Waals surface area contributed by atoms with Crippen LogP contribution in [-0.4, -0.2) is 152 Å². The molecule has 328 valence electrons. The van der Waals surface area contributed by atoms with E-state index >= 15 is 0 Å². The monoisotopic (exact) mass is 822 g/mol. The molecule has 4 aliphatic rings. The van der Waals surface area contributed by atoms with Gasteiger partial charge in [-0.25, -0.2) is 0 Å². The first-order valence-electron chi connectivity index (χ1n) is 21.0. The molecule has 17 nitrogen and oxygen atoms in total. The summed E-state index contributed by atoms with van der Waals surface area (Å²) in [7, 11) is 0. The molecule has 0 bridgehead atoms. The van der Waals surface area contributed by atoms with Gasteiger partial charge in [-0.15, -0.1) is 0 Å². The molecule has 7 N–H and O–H groups in total. The van der Waals surface area contributed by atoms with Crippen LogP contribution in [0.15, 0.2) is 0 Å². The van der Waals surface area contributed by atoms with Gasteiger partial charge in [0.1, 0.15) is 6.04 Å². The molecular formula is C41H66N4O13. The van der Waals surface area contributed by atoms with Gasteiger partial charge in [-0.05, 0) is 117 Å². The van der Waals surface area contributed by atoms with E-state index in [1.807, 2.05) is 0 Å². The standard InChI is InChI=1S/C41H66N4O13/c1-25(4-11-34(47)48)29-7-8-30-28-6-5-26-20-27(12-14-40(26,2)31(28)13-15-41(29,30)3)42-33(46)10-9-32(39(57)58)45(18-16-43(21-35(49)50)22-36(51)52)19-17-44(23-37(53)54)24-38(55)56/h25-32H,4-24H2,1-3H3,(H,42,46)(H,47,48)(H,49,50)(H,51,52)(H,53,54)(H,55,56)(H,57,58)/t25-,26-,27-,28+,29-,30+,31+,32+,40+,41-/m1/s1. The predicted molar refractivity (Wildman–Crippen MR) is 209 cm³/mol. The summed E-state index contributed by atoms with van der Waals surface area (Å²) in [6.45, 7) is 4.07. The van der Waals surface area contributed by atoms with Gasteiger partial charge in [0.15, 0.2) is 0 Å². The number of aliphatic carboxylic acids is 6. The summed E-state index contributed by atoms with van der Waals surface area (Å²) in [4.78, 5) is 86.6. The van der Waals surface area contributed by atoms with Crippen LogP contribution in [0.25, 0.3) is 0 Å². The van der Waals surface area contributed by atoms with E-state index in [0.29, 0.717) is 35.5 Å². The Balaban J connectivity index is 1.37. The molecule has 0 aromatic carbocycles. The molecule has 4 fully saturated rings. The Labute approximate surface area is 340 Å². The van der Waals surface area contributed by atoms with E-state index in [9.17, 15) is 64.2 Å². The lowest BCUT2D eigenvalue weighted by atomic mass is 9.44. The molecule has 4 saturated carbocycles. The third-order valence-electron chi connectivity index (χ3n) is 14.8. The highest BCUT2D eigenvalue weighted by Gasteiger charge is 2.60. The van der Waals surface area contributed by atoms with Gasteiger partial charge in [0.05, 0.1) is 26.2 Å². The minimum absolute atomic E-state index is 0.0532. The molecule has 0 aromatic heterocycles. The van der Waals surface area contributed by atoms with E-state index in [4.69, 9.17) is 0 Å². The molecule has 4 aliphatic carbocycles. The Hall–Kier alpha value is -3.83. The fraction of sp³-hybridized carbons (Fsp3) is 0.829. The number of fused-ring (bicyclic) bond motifs is 5. The first-order valence-corrected chi connectivity index (χ1v) is 21.0. The van der Waals surface area contributed by atoms with Crippen molar-refractivity contribution in [3.8, 4) is 0 Å². The molecule has 0 heterocycles. The third kappa shape index (κ3) is 12.1. The van der Waals surface area contributed by atoms with Crippen LogP contribution in [0.3, 0.4) is 0 Å². The molecule has 0 aliphatic heterocycles. The lowest BCUT2D eigenvalue weighted by molar-refractivity contribution is -0.146. The maximum atomic E-state index is 13.4. The number of nitrogens with one attached hydrogen (secondary N) is 1. The summed E-state index contributed by atoms with van der Waals surface area (Å²) in [5.74, 6) is -4.14. The van der Waals surface area contributed by atoms with Gasteiger partial charge < -0.3 is 36.0 Å². The number of amides is 1. The molecule has 0 radical (unpaired) electrons. The molecule has 0 aromatic rings. The molecule has 17 heteroatoms. The number of nitrogens with zero attached hydrogens (tertiary/aromatic N) is 3. The zero-order chi connectivity index (χ0) is 42.9. The summed E-state index contributed by atoms with van der Waals surface area (Å²) in [6.07, 6.45) is 10.3. The average Bonchev–Trinajstić information content (AvgIpc) is 3.47. The van der Waals surface area contributed by atoms with Gasteiger partial charge >= 0.3 is 35.8 Å². The van der Waals surface area contributed by atoms with E-state index in [0.717, 1.165) is 48.3 Å². The van der Waals surface area contributed by atoms with Gasteiger partial charge in [0.25, 0.3) is 0 Å². The molecule has 10 atom stereocenters. The zero-order valence-corrected chi connectivity index (χ0v) is 34.4. The van der Waals surface area contributed by atoms with Crippen LogP contribution >= 0.6 is 0 Å². The van der Waals surface area contributed by atoms with Crippen LogP contribution < -0.4 is 5.32 Å².